The van der Waals surface area contributed by atoms with E-state index in [1.54, 1.807) is 13.8 Å². The van der Waals surface area contributed by atoms with Gasteiger partial charge in [-0.2, -0.15) is 4.98 Å². The molecule has 22 heavy (non-hydrogen) atoms. The molecule has 0 atom stereocenters. The first-order chi connectivity index (χ1) is 9.70. The first kappa shape index (κ1) is 30.1. The minimum Gasteiger partial charge on any atom is -0.340 e. The molecule has 0 unspecified atom stereocenters. The van der Waals surface area contributed by atoms with Gasteiger partial charge in [-0.3, -0.25) is 0 Å². The molecule has 0 fully saturated rings. The van der Waals surface area contributed by atoms with E-state index in [4.69, 9.17) is 29.4 Å². The molecule has 0 radical (unpaired) electrons. The Balaban J connectivity index is -0.0000000983. The molecule has 13 heteroatoms. The zero-order chi connectivity index (χ0) is 19.0. The van der Waals surface area contributed by atoms with Crippen LogP contribution < -0.4 is 0 Å². The average molecular weight is 400 g/mol. The lowest BCUT2D eigenvalue weighted by Gasteiger charge is -1.88. The third-order valence-electron chi connectivity index (χ3n) is 0.629. The molecule has 0 spiro atoms. The molecule has 0 aliphatic carbocycles. The molecule has 6 N–H and O–H groups in total. The van der Waals surface area contributed by atoms with Crippen LogP contribution >= 0.6 is 13.4 Å². The van der Waals surface area contributed by atoms with Crippen molar-refractivity contribution < 1.29 is 33.9 Å². The van der Waals surface area contributed by atoms with Gasteiger partial charge in [0.2, 0.25) is 5.89 Å². The normalized spacial score (nSPS) is 9.45. The number of hydrogen-bond donors (Lipinski definition) is 6. The fourth-order valence-corrected chi connectivity index (χ4v) is 0.401. The van der Waals surface area contributed by atoms with Crippen molar-refractivity contribution in [2.24, 2.45) is 0 Å². The predicted molar refractivity (Wildman–Crippen MR) is 93.0 cm³/mol. The summed E-state index contributed by atoms with van der Waals surface area (Å²) in [7, 11) is 0. The highest BCUT2D eigenvalue weighted by Gasteiger charge is 1.92. The van der Waals surface area contributed by atoms with Crippen LogP contribution in [0.2, 0.25) is 0 Å². The Labute approximate surface area is 141 Å². The third kappa shape index (κ3) is 88.0. The second kappa shape index (κ2) is 17.6. The van der Waals surface area contributed by atoms with Gasteiger partial charge in [0.15, 0.2) is 5.82 Å². The van der Waals surface area contributed by atoms with E-state index < -0.39 is 13.4 Å². The van der Waals surface area contributed by atoms with Crippen LogP contribution in [0.3, 0.4) is 0 Å². The fourth-order valence-electron chi connectivity index (χ4n) is 0.401. The van der Waals surface area contributed by atoms with Crippen LogP contribution in [0.25, 0.3) is 0 Å². The highest BCUT2D eigenvalue weighted by atomic mass is 32.5. The molecule has 0 aromatic carbocycles. The lowest BCUT2D eigenvalue weighted by atomic mass is 10.6. The molecule has 1 aromatic heterocycles. The summed E-state index contributed by atoms with van der Waals surface area (Å²) >= 11 is 7.21. The summed E-state index contributed by atoms with van der Waals surface area (Å²) in [5.41, 5.74) is 0. The molecule has 136 valence electrons. The van der Waals surface area contributed by atoms with Crippen LogP contribution in [0.4, 0.5) is 0 Å². The van der Waals surface area contributed by atoms with E-state index in [1.807, 2.05) is 13.8 Å². The van der Waals surface area contributed by atoms with Crippen molar-refractivity contribution in [3.8, 4) is 0 Å². The molecule has 1 aromatic rings. The first-order valence-corrected chi connectivity index (χ1v) is 11.4. The van der Waals surface area contributed by atoms with E-state index in [0.29, 0.717) is 11.7 Å². The Bertz CT molecular complexity index is 380. The Morgan fingerprint density at radius 2 is 1.14 bits per heavy atom. The minimum absolute atomic E-state index is 0.623. The quantitative estimate of drug-likeness (QED) is 0.350. The summed E-state index contributed by atoms with van der Waals surface area (Å²) < 4.78 is 4.60. The van der Waals surface area contributed by atoms with Crippen LogP contribution in [0.5, 0.6) is 0 Å². The van der Waals surface area contributed by atoms with Gasteiger partial charge in [0.1, 0.15) is 0 Å². The van der Waals surface area contributed by atoms with E-state index in [9.17, 15) is 0 Å². The van der Waals surface area contributed by atoms with Gasteiger partial charge in [0, 0.05) is 6.92 Å². The number of aryl methyl sites for hydroxylation is 2. The van der Waals surface area contributed by atoms with Gasteiger partial charge < -0.3 is 33.9 Å². The fraction of sp³-hybridized carbons (Fsp3) is 0.778. The SMILES string of the molecule is CC.CCC.Cc1noc(C)n1.OP(O)(O)=S.OP(O)(O)=S. The molecule has 9 nitrogen and oxygen atoms in total. The summed E-state index contributed by atoms with van der Waals surface area (Å²) in [6.45, 7) is 4.19. The van der Waals surface area contributed by atoms with Crippen molar-refractivity contribution in [2.75, 3.05) is 0 Å². The maximum Gasteiger partial charge on any atom is 0.319 e. The molecule has 0 aliphatic heterocycles. The monoisotopic (exact) mass is 400 g/mol. The van der Waals surface area contributed by atoms with E-state index in [2.05, 4.69) is 52.1 Å². The van der Waals surface area contributed by atoms with Gasteiger partial charge in [-0.1, -0.05) is 39.3 Å². The molecule has 0 saturated carbocycles. The Hall–Kier alpha value is 0.200. The first-order valence-electron chi connectivity index (χ1n) is 6.04. The molecule has 0 amide bonds. The number of hydrogen-bond acceptors (Lipinski definition) is 5. The zero-order valence-electron chi connectivity index (χ0n) is 13.4. The van der Waals surface area contributed by atoms with Crippen molar-refractivity contribution in [3.63, 3.8) is 0 Å². The molecule has 0 saturated heterocycles. The smallest absolute Gasteiger partial charge is 0.319 e. The highest BCUT2D eigenvalue weighted by Crippen LogP contribution is 2.26. The predicted octanol–water partition coefficient (Wildman–Crippen LogP) is 1.50. The van der Waals surface area contributed by atoms with Crippen LogP contribution in [0.1, 0.15) is 45.8 Å². The van der Waals surface area contributed by atoms with Gasteiger partial charge in [-0.15, -0.1) is 0 Å². The van der Waals surface area contributed by atoms with E-state index in [-0.39, 0.29) is 0 Å². The van der Waals surface area contributed by atoms with Crippen molar-refractivity contribution in [3.05, 3.63) is 11.7 Å². The Morgan fingerprint density at radius 1 is 0.909 bits per heavy atom. The second-order valence-corrected chi connectivity index (χ2v) is 8.09. The van der Waals surface area contributed by atoms with E-state index in [1.165, 1.54) is 6.42 Å². The molecular formula is C9H26N2O7P2S2. The zero-order valence-corrected chi connectivity index (χ0v) is 16.8. The second-order valence-electron chi connectivity index (χ2n) is 3.09. The topological polar surface area (TPSA) is 160 Å². The molecular weight excluding hydrogens is 374 g/mol. The maximum atomic E-state index is 7.56. The standard InChI is InChI=1S/C4H6N2O.C3H8.C2H6.2H3O3PS/c1-3-5-4(2)7-6-3;1-3-2;1-2;2*1-4(2,3)5/h1-2H3;3H2,1-2H3;1-2H3;2*(H3,1,2,3,5). The van der Waals surface area contributed by atoms with Gasteiger partial charge in [0.25, 0.3) is 0 Å². The van der Waals surface area contributed by atoms with Crippen LogP contribution in [0, 0.1) is 13.8 Å². The van der Waals surface area contributed by atoms with E-state index in [0.717, 1.165) is 0 Å². The molecule has 1 rings (SSSR count). The molecule has 0 aliphatic rings. The van der Waals surface area contributed by atoms with Gasteiger partial charge >= 0.3 is 13.4 Å². The highest BCUT2D eigenvalue weighted by molar-refractivity contribution is 8.06. The van der Waals surface area contributed by atoms with Crippen molar-refractivity contribution in [1.29, 1.82) is 0 Å². The lowest BCUT2D eigenvalue weighted by molar-refractivity contribution is 0.361. The Morgan fingerprint density at radius 3 is 1.18 bits per heavy atom. The van der Waals surface area contributed by atoms with Crippen LogP contribution in [-0.2, 0) is 23.6 Å². The maximum absolute atomic E-state index is 7.56. The van der Waals surface area contributed by atoms with Crippen LogP contribution in [0.15, 0.2) is 4.52 Å². The summed E-state index contributed by atoms with van der Waals surface area (Å²) in [6.07, 6.45) is 1.25. The lowest BCUT2D eigenvalue weighted by Crippen LogP contribution is -1.70. The average Bonchev–Trinajstić information content (AvgIpc) is 2.61. The van der Waals surface area contributed by atoms with Crippen molar-refractivity contribution >= 4 is 37.1 Å². The van der Waals surface area contributed by atoms with E-state index >= 15 is 0 Å². The van der Waals surface area contributed by atoms with Gasteiger partial charge in [0.05, 0.1) is 0 Å². The van der Waals surface area contributed by atoms with Crippen LogP contribution in [-0.4, -0.2) is 39.5 Å². The largest absolute Gasteiger partial charge is 0.340 e. The summed E-state index contributed by atoms with van der Waals surface area (Å²) in [4.78, 5) is 49.2. The van der Waals surface area contributed by atoms with Crippen molar-refractivity contribution in [1.82, 2.24) is 10.1 Å². The third-order valence-corrected chi connectivity index (χ3v) is 0.629. The van der Waals surface area contributed by atoms with Gasteiger partial charge in [-0.25, -0.2) is 0 Å². The number of aromatic nitrogens is 2. The molecule has 1 heterocycles. The summed E-state index contributed by atoms with van der Waals surface area (Å²) in [5, 5.41) is 3.53. The minimum atomic E-state index is -3.81. The van der Waals surface area contributed by atoms with Crippen molar-refractivity contribution in [2.45, 2.75) is 48.0 Å². The number of rotatable bonds is 0. The number of nitrogens with zero attached hydrogens (tertiary/aromatic N) is 2. The Kier molecular flexibility index (Phi) is 24.0. The summed E-state index contributed by atoms with van der Waals surface area (Å²) in [5.74, 6) is 1.31. The van der Waals surface area contributed by atoms with Gasteiger partial charge in [-0.05, 0) is 30.5 Å². The summed E-state index contributed by atoms with van der Waals surface area (Å²) in [6, 6.07) is 0. The molecule has 0 bridgehead atoms.